The summed E-state index contributed by atoms with van der Waals surface area (Å²) in [5.74, 6) is -0.486. The molecule has 0 aliphatic rings. The van der Waals surface area contributed by atoms with Crippen molar-refractivity contribution in [1.29, 1.82) is 0 Å². The smallest absolute Gasteiger partial charge is 0.323 e. The number of halogens is 1. The molecule has 2 amide bonds. The van der Waals surface area contributed by atoms with E-state index in [2.05, 4.69) is 21.7 Å². The number of hydrogen-bond acceptors (Lipinski definition) is 2. The van der Waals surface area contributed by atoms with Gasteiger partial charge in [-0.1, -0.05) is 30.3 Å². The Balaban J connectivity index is 1.48. The van der Waals surface area contributed by atoms with E-state index in [0.717, 1.165) is 27.7 Å². The second-order valence-corrected chi connectivity index (χ2v) is 6.96. The summed E-state index contributed by atoms with van der Waals surface area (Å²) in [6, 6.07) is 19.7. The van der Waals surface area contributed by atoms with Crippen molar-refractivity contribution in [2.75, 3.05) is 29.6 Å². The van der Waals surface area contributed by atoms with Gasteiger partial charge in [0, 0.05) is 48.1 Å². The molecule has 6 heteroatoms. The van der Waals surface area contributed by atoms with E-state index in [9.17, 15) is 9.18 Å². The maximum atomic E-state index is 14.0. The summed E-state index contributed by atoms with van der Waals surface area (Å²) in [7, 11) is 3.71. The average molecular weight is 388 g/mol. The second kappa shape index (κ2) is 7.67. The topological polar surface area (TPSA) is 60.2 Å². The number of hydrogen-bond donors (Lipinski definition) is 3. The fraction of sp³-hybridized carbons (Fsp3) is 0.0870. The highest BCUT2D eigenvalue weighted by atomic mass is 19.1. The molecular weight excluding hydrogens is 367 g/mol. The van der Waals surface area contributed by atoms with Crippen molar-refractivity contribution < 1.29 is 9.18 Å². The van der Waals surface area contributed by atoms with Gasteiger partial charge in [0.1, 0.15) is 5.82 Å². The van der Waals surface area contributed by atoms with Gasteiger partial charge in [-0.15, -0.1) is 0 Å². The first kappa shape index (κ1) is 18.6. The molecule has 146 valence electrons. The number of benzene rings is 3. The summed E-state index contributed by atoms with van der Waals surface area (Å²) >= 11 is 0. The largest absolute Gasteiger partial charge is 0.378 e. The van der Waals surface area contributed by atoms with Gasteiger partial charge < -0.3 is 20.5 Å². The van der Waals surface area contributed by atoms with Gasteiger partial charge >= 0.3 is 6.03 Å². The highest BCUT2D eigenvalue weighted by Gasteiger charge is 2.10. The van der Waals surface area contributed by atoms with Gasteiger partial charge in [0.2, 0.25) is 0 Å². The molecule has 0 bridgehead atoms. The molecular formula is C23H21FN4O. The minimum absolute atomic E-state index is 0.129. The van der Waals surface area contributed by atoms with E-state index >= 15 is 0 Å². The molecule has 3 aromatic carbocycles. The predicted octanol–water partition coefficient (Wildman–Crippen LogP) is 5.68. The summed E-state index contributed by atoms with van der Waals surface area (Å²) in [6.45, 7) is 0. The SMILES string of the molecule is CN(C)c1ccc(F)c(NC(=O)Nc2ccc(-c3c[nH]c4ccccc34)cc2)c1. The van der Waals surface area contributed by atoms with Crippen LogP contribution >= 0.6 is 0 Å². The summed E-state index contributed by atoms with van der Waals surface area (Å²) < 4.78 is 14.0. The molecule has 29 heavy (non-hydrogen) atoms. The summed E-state index contributed by atoms with van der Waals surface area (Å²) in [5, 5.41) is 6.44. The highest BCUT2D eigenvalue weighted by Crippen LogP contribution is 2.29. The van der Waals surface area contributed by atoms with Crippen molar-refractivity contribution in [2.45, 2.75) is 0 Å². The summed E-state index contributed by atoms with van der Waals surface area (Å²) in [5.41, 5.74) is 4.76. The lowest BCUT2D eigenvalue weighted by molar-refractivity contribution is 0.262. The lowest BCUT2D eigenvalue weighted by Crippen LogP contribution is -2.20. The zero-order valence-electron chi connectivity index (χ0n) is 16.2. The molecule has 3 N–H and O–H groups in total. The van der Waals surface area contributed by atoms with Crippen LogP contribution in [0, 0.1) is 5.82 Å². The van der Waals surface area contributed by atoms with Crippen LogP contribution in [0.3, 0.4) is 0 Å². The fourth-order valence-corrected chi connectivity index (χ4v) is 3.22. The van der Waals surface area contributed by atoms with Crippen LogP contribution in [0.15, 0.2) is 72.9 Å². The van der Waals surface area contributed by atoms with Crippen molar-refractivity contribution >= 4 is 34.0 Å². The van der Waals surface area contributed by atoms with Crippen molar-refractivity contribution in [3.63, 3.8) is 0 Å². The number of aromatic amines is 1. The Hall–Kier alpha value is -3.80. The Morgan fingerprint density at radius 2 is 1.72 bits per heavy atom. The van der Waals surface area contributed by atoms with Gasteiger partial charge in [-0.3, -0.25) is 0 Å². The molecule has 5 nitrogen and oxygen atoms in total. The van der Waals surface area contributed by atoms with Gasteiger partial charge in [-0.2, -0.15) is 0 Å². The van der Waals surface area contributed by atoms with E-state index in [1.54, 1.807) is 12.1 Å². The number of carbonyl (C=O) groups is 1. The lowest BCUT2D eigenvalue weighted by atomic mass is 10.0. The molecule has 0 atom stereocenters. The zero-order valence-corrected chi connectivity index (χ0v) is 16.2. The molecule has 0 fully saturated rings. The van der Waals surface area contributed by atoms with Crippen molar-refractivity contribution in [1.82, 2.24) is 4.98 Å². The molecule has 0 radical (unpaired) electrons. The van der Waals surface area contributed by atoms with Crippen LogP contribution in [0.4, 0.5) is 26.2 Å². The quantitative estimate of drug-likeness (QED) is 0.421. The maximum absolute atomic E-state index is 14.0. The minimum atomic E-state index is -0.500. The third-order valence-electron chi connectivity index (χ3n) is 4.76. The van der Waals surface area contributed by atoms with Gasteiger partial charge in [0.25, 0.3) is 0 Å². The van der Waals surface area contributed by atoms with E-state index in [1.807, 2.05) is 67.7 Å². The van der Waals surface area contributed by atoms with Crippen LogP contribution in [0.5, 0.6) is 0 Å². The number of para-hydroxylation sites is 1. The van der Waals surface area contributed by atoms with Crippen molar-refractivity contribution in [3.05, 3.63) is 78.7 Å². The Morgan fingerprint density at radius 1 is 0.966 bits per heavy atom. The molecule has 4 rings (SSSR count). The van der Waals surface area contributed by atoms with E-state index in [0.29, 0.717) is 5.69 Å². The second-order valence-electron chi connectivity index (χ2n) is 6.96. The minimum Gasteiger partial charge on any atom is -0.378 e. The van der Waals surface area contributed by atoms with Crippen LogP contribution in [0.1, 0.15) is 0 Å². The average Bonchev–Trinajstić information content (AvgIpc) is 3.14. The number of anilines is 3. The highest BCUT2D eigenvalue weighted by molar-refractivity contribution is 6.00. The van der Waals surface area contributed by atoms with Crippen molar-refractivity contribution in [3.8, 4) is 11.1 Å². The number of aromatic nitrogens is 1. The normalized spacial score (nSPS) is 10.7. The molecule has 4 aromatic rings. The molecule has 0 spiro atoms. The molecule has 1 heterocycles. The molecule has 0 aliphatic heterocycles. The lowest BCUT2D eigenvalue weighted by Gasteiger charge is -2.15. The fourth-order valence-electron chi connectivity index (χ4n) is 3.22. The Bertz CT molecular complexity index is 1170. The van der Waals surface area contributed by atoms with Gasteiger partial charge in [-0.05, 0) is 42.0 Å². The molecule has 0 saturated carbocycles. The van der Waals surface area contributed by atoms with E-state index in [-0.39, 0.29) is 5.69 Å². The predicted molar refractivity (Wildman–Crippen MR) is 117 cm³/mol. The van der Waals surface area contributed by atoms with Crippen LogP contribution in [0.2, 0.25) is 0 Å². The molecule has 1 aromatic heterocycles. The van der Waals surface area contributed by atoms with Crippen molar-refractivity contribution in [2.24, 2.45) is 0 Å². The van der Waals surface area contributed by atoms with Gasteiger partial charge in [0.15, 0.2) is 0 Å². The number of H-pyrrole nitrogens is 1. The third kappa shape index (κ3) is 3.91. The Morgan fingerprint density at radius 3 is 2.48 bits per heavy atom. The number of nitrogens with one attached hydrogen (secondary N) is 3. The number of urea groups is 1. The zero-order chi connectivity index (χ0) is 20.4. The Kier molecular flexibility index (Phi) is 4.91. The molecule has 0 saturated heterocycles. The number of amides is 2. The number of rotatable bonds is 4. The standard InChI is InChI=1S/C23H21FN4O/c1-28(2)17-11-12-20(24)22(13-17)27-23(29)26-16-9-7-15(8-10-16)19-14-25-21-6-4-3-5-18(19)21/h3-14,25H,1-2H3,(H2,26,27,29). The number of carbonyl (C=O) groups excluding carboxylic acids is 1. The summed E-state index contributed by atoms with van der Waals surface area (Å²) in [4.78, 5) is 17.4. The monoisotopic (exact) mass is 388 g/mol. The van der Waals surface area contributed by atoms with Crippen LogP contribution in [0.25, 0.3) is 22.0 Å². The van der Waals surface area contributed by atoms with E-state index in [4.69, 9.17) is 0 Å². The number of nitrogens with zero attached hydrogens (tertiary/aromatic N) is 1. The first-order valence-electron chi connectivity index (χ1n) is 9.23. The van der Waals surface area contributed by atoms with Crippen LogP contribution < -0.4 is 15.5 Å². The van der Waals surface area contributed by atoms with E-state index in [1.165, 1.54) is 6.07 Å². The van der Waals surface area contributed by atoms with Crippen LogP contribution in [-0.4, -0.2) is 25.1 Å². The Labute approximate surface area is 168 Å². The van der Waals surface area contributed by atoms with Crippen LogP contribution in [-0.2, 0) is 0 Å². The van der Waals surface area contributed by atoms with Gasteiger partial charge in [0.05, 0.1) is 5.69 Å². The first-order chi connectivity index (χ1) is 14.0. The number of fused-ring (bicyclic) bond motifs is 1. The third-order valence-corrected chi connectivity index (χ3v) is 4.76. The maximum Gasteiger partial charge on any atom is 0.323 e. The first-order valence-corrected chi connectivity index (χ1v) is 9.23. The summed E-state index contributed by atoms with van der Waals surface area (Å²) in [6.07, 6.45) is 1.97. The molecule has 0 aliphatic carbocycles. The molecule has 0 unspecified atom stereocenters. The van der Waals surface area contributed by atoms with Gasteiger partial charge in [-0.25, -0.2) is 9.18 Å². The van der Waals surface area contributed by atoms with E-state index < -0.39 is 11.8 Å².